The van der Waals surface area contributed by atoms with Crippen LogP contribution in [0.1, 0.15) is 0 Å². The molecule has 0 atom stereocenters. The van der Waals surface area contributed by atoms with E-state index in [2.05, 4.69) is 4.98 Å². The third-order valence-corrected chi connectivity index (χ3v) is 3.78. The third-order valence-electron chi connectivity index (χ3n) is 1.77. The molecular formula is C8H9ClN2O4S. The van der Waals surface area contributed by atoms with Crippen LogP contribution in [-0.2, 0) is 14.8 Å². The molecule has 0 aliphatic carbocycles. The predicted molar refractivity (Wildman–Crippen MR) is 56.7 cm³/mol. The number of nitrogens with zero attached hydrogens (tertiary/aromatic N) is 2. The first-order valence-corrected chi connectivity index (χ1v) is 5.95. The van der Waals surface area contributed by atoms with Gasteiger partial charge in [0.15, 0.2) is 0 Å². The van der Waals surface area contributed by atoms with Crippen molar-refractivity contribution in [2.45, 2.75) is 4.90 Å². The van der Waals surface area contributed by atoms with Crippen molar-refractivity contribution in [3.63, 3.8) is 0 Å². The van der Waals surface area contributed by atoms with Crippen molar-refractivity contribution >= 4 is 27.6 Å². The van der Waals surface area contributed by atoms with Crippen molar-refractivity contribution < 1.29 is 18.3 Å². The Labute approximate surface area is 97.5 Å². The number of halogens is 1. The summed E-state index contributed by atoms with van der Waals surface area (Å²) >= 11 is 5.51. The van der Waals surface area contributed by atoms with Gasteiger partial charge in [-0.1, -0.05) is 11.6 Å². The summed E-state index contributed by atoms with van der Waals surface area (Å²) in [6.45, 7) is -0.606. The molecule has 0 amide bonds. The first-order chi connectivity index (χ1) is 7.34. The van der Waals surface area contributed by atoms with Crippen molar-refractivity contribution in [3.8, 4) is 0 Å². The van der Waals surface area contributed by atoms with Crippen LogP contribution in [0.5, 0.6) is 0 Å². The van der Waals surface area contributed by atoms with Crippen molar-refractivity contribution in [1.82, 2.24) is 9.29 Å². The number of aliphatic carboxylic acids is 1. The van der Waals surface area contributed by atoms with Crippen LogP contribution in [-0.4, -0.2) is 42.4 Å². The summed E-state index contributed by atoms with van der Waals surface area (Å²) in [5, 5.41) is 8.66. The monoisotopic (exact) mass is 264 g/mol. The number of hydrogen-bond acceptors (Lipinski definition) is 4. The van der Waals surface area contributed by atoms with Gasteiger partial charge < -0.3 is 5.11 Å². The van der Waals surface area contributed by atoms with Crippen LogP contribution in [0.4, 0.5) is 0 Å². The van der Waals surface area contributed by atoms with Gasteiger partial charge in [-0.2, -0.15) is 4.31 Å². The largest absolute Gasteiger partial charge is 0.480 e. The van der Waals surface area contributed by atoms with Gasteiger partial charge in [-0.15, -0.1) is 0 Å². The number of pyridine rings is 1. The highest BCUT2D eigenvalue weighted by molar-refractivity contribution is 7.89. The number of carboxylic acid groups (broad SMARTS) is 1. The van der Waals surface area contributed by atoms with Crippen LogP contribution in [0.2, 0.25) is 5.15 Å². The average molecular weight is 265 g/mol. The molecule has 1 aromatic heterocycles. The minimum absolute atomic E-state index is 0.0966. The van der Waals surface area contributed by atoms with Gasteiger partial charge in [0.05, 0.1) is 0 Å². The number of rotatable bonds is 4. The van der Waals surface area contributed by atoms with Crippen LogP contribution >= 0.6 is 11.6 Å². The number of carbonyl (C=O) groups is 1. The van der Waals surface area contributed by atoms with Gasteiger partial charge in [0.2, 0.25) is 10.0 Å². The minimum atomic E-state index is -3.82. The van der Waals surface area contributed by atoms with E-state index >= 15 is 0 Å². The van der Waals surface area contributed by atoms with Crippen molar-refractivity contribution in [2.75, 3.05) is 13.6 Å². The summed E-state index contributed by atoms with van der Waals surface area (Å²) < 4.78 is 24.2. The second-order valence-electron chi connectivity index (χ2n) is 2.97. The molecule has 0 saturated carbocycles. The Balaban J connectivity index is 3.02. The minimum Gasteiger partial charge on any atom is -0.480 e. The molecule has 1 N–H and O–H groups in total. The number of likely N-dealkylation sites (N-methyl/N-ethyl adjacent to an activating group) is 1. The SMILES string of the molecule is CN(CC(=O)O)S(=O)(=O)c1ccc(Cl)nc1. The van der Waals surface area contributed by atoms with E-state index in [1.807, 2.05) is 0 Å². The van der Waals surface area contributed by atoms with E-state index < -0.39 is 22.5 Å². The molecule has 16 heavy (non-hydrogen) atoms. The average Bonchev–Trinajstić information content (AvgIpc) is 2.17. The van der Waals surface area contributed by atoms with Gasteiger partial charge in [-0.05, 0) is 12.1 Å². The quantitative estimate of drug-likeness (QED) is 0.798. The summed E-state index contributed by atoms with van der Waals surface area (Å²) in [5.41, 5.74) is 0. The summed E-state index contributed by atoms with van der Waals surface area (Å²) in [5.74, 6) is -1.23. The smallest absolute Gasteiger partial charge is 0.318 e. The fraction of sp³-hybridized carbons (Fsp3) is 0.250. The van der Waals surface area contributed by atoms with Crippen LogP contribution in [0, 0.1) is 0 Å². The molecule has 0 bridgehead atoms. The highest BCUT2D eigenvalue weighted by Gasteiger charge is 2.22. The number of aromatic nitrogens is 1. The summed E-state index contributed by atoms with van der Waals surface area (Å²) in [6, 6.07) is 2.59. The molecule has 0 spiro atoms. The third kappa shape index (κ3) is 2.91. The molecule has 1 rings (SSSR count). The summed E-state index contributed by atoms with van der Waals surface area (Å²) in [4.78, 5) is 13.9. The van der Waals surface area contributed by atoms with E-state index in [4.69, 9.17) is 16.7 Å². The zero-order valence-corrected chi connectivity index (χ0v) is 9.86. The molecule has 0 unspecified atom stereocenters. The molecule has 1 heterocycles. The normalized spacial score (nSPS) is 11.7. The van der Waals surface area contributed by atoms with E-state index in [-0.39, 0.29) is 10.0 Å². The molecule has 1 aromatic rings. The van der Waals surface area contributed by atoms with Gasteiger partial charge in [0, 0.05) is 13.2 Å². The Morgan fingerprint density at radius 3 is 2.62 bits per heavy atom. The lowest BCUT2D eigenvalue weighted by Gasteiger charge is -2.14. The lowest BCUT2D eigenvalue weighted by molar-refractivity contribution is -0.137. The van der Waals surface area contributed by atoms with Crippen molar-refractivity contribution in [2.24, 2.45) is 0 Å². The molecule has 0 saturated heterocycles. The Hall–Kier alpha value is -1.18. The Kier molecular flexibility index (Phi) is 3.84. The lowest BCUT2D eigenvalue weighted by Crippen LogP contribution is -2.32. The van der Waals surface area contributed by atoms with E-state index in [0.717, 1.165) is 10.5 Å². The standard InChI is InChI=1S/C8H9ClN2O4S/c1-11(5-8(12)13)16(14,15)6-2-3-7(9)10-4-6/h2-4H,5H2,1H3,(H,12,13). The van der Waals surface area contributed by atoms with Crippen LogP contribution in [0.3, 0.4) is 0 Å². The second-order valence-corrected chi connectivity index (χ2v) is 5.40. The molecule has 0 aliphatic heterocycles. The van der Waals surface area contributed by atoms with E-state index in [1.165, 1.54) is 19.2 Å². The fourth-order valence-electron chi connectivity index (χ4n) is 0.970. The van der Waals surface area contributed by atoms with Crippen molar-refractivity contribution in [1.29, 1.82) is 0 Å². The van der Waals surface area contributed by atoms with E-state index in [9.17, 15) is 13.2 Å². The Bertz CT molecular complexity index is 485. The van der Waals surface area contributed by atoms with Crippen LogP contribution in [0.15, 0.2) is 23.2 Å². The molecule has 88 valence electrons. The highest BCUT2D eigenvalue weighted by atomic mass is 35.5. The van der Waals surface area contributed by atoms with Gasteiger partial charge >= 0.3 is 5.97 Å². The maximum Gasteiger partial charge on any atom is 0.318 e. The predicted octanol–water partition coefficient (Wildman–Crippen LogP) is 0.440. The van der Waals surface area contributed by atoms with Gasteiger partial charge in [0.25, 0.3) is 0 Å². The van der Waals surface area contributed by atoms with Crippen LogP contribution in [0.25, 0.3) is 0 Å². The zero-order chi connectivity index (χ0) is 12.3. The van der Waals surface area contributed by atoms with E-state index in [1.54, 1.807) is 0 Å². The first kappa shape index (κ1) is 12.9. The molecule has 0 aliphatic rings. The molecular weight excluding hydrogens is 256 g/mol. The number of sulfonamides is 1. The zero-order valence-electron chi connectivity index (χ0n) is 8.29. The maximum absolute atomic E-state index is 11.8. The van der Waals surface area contributed by atoms with Crippen molar-refractivity contribution in [3.05, 3.63) is 23.5 Å². The summed E-state index contributed by atoms with van der Waals surface area (Å²) in [7, 11) is -2.64. The van der Waals surface area contributed by atoms with Gasteiger partial charge in [0.1, 0.15) is 16.6 Å². The lowest BCUT2D eigenvalue weighted by atomic mass is 10.5. The highest BCUT2D eigenvalue weighted by Crippen LogP contribution is 2.14. The first-order valence-electron chi connectivity index (χ1n) is 4.13. The molecule has 0 radical (unpaired) electrons. The van der Waals surface area contributed by atoms with Crippen LogP contribution < -0.4 is 0 Å². The fourth-order valence-corrected chi connectivity index (χ4v) is 2.15. The van der Waals surface area contributed by atoms with Gasteiger partial charge in [-0.3, -0.25) is 4.79 Å². The van der Waals surface area contributed by atoms with Gasteiger partial charge in [-0.25, -0.2) is 13.4 Å². The maximum atomic E-state index is 11.8. The second kappa shape index (κ2) is 4.77. The summed E-state index contributed by atoms with van der Waals surface area (Å²) in [6.07, 6.45) is 1.08. The Morgan fingerprint density at radius 1 is 1.56 bits per heavy atom. The Morgan fingerprint density at radius 2 is 2.19 bits per heavy atom. The van der Waals surface area contributed by atoms with E-state index in [0.29, 0.717) is 0 Å². The number of carboxylic acids is 1. The molecule has 8 heteroatoms. The molecule has 0 fully saturated rings. The topological polar surface area (TPSA) is 87.6 Å². The number of hydrogen-bond donors (Lipinski definition) is 1. The molecule has 0 aromatic carbocycles. The molecule has 6 nitrogen and oxygen atoms in total.